The number of benzene rings is 1. The molecule has 5 heteroatoms. The molecule has 1 saturated heterocycles. The highest BCUT2D eigenvalue weighted by atomic mass is 19.1. The molecule has 0 bridgehead atoms. The van der Waals surface area contributed by atoms with Crippen LogP contribution in [0.3, 0.4) is 0 Å². The summed E-state index contributed by atoms with van der Waals surface area (Å²) in [5.74, 6) is -1.56. The van der Waals surface area contributed by atoms with Crippen LogP contribution in [0, 0.1) is 11.6 Å². The van der Waals surface area contributed by atoms with Crippen LogP contribution in [-0.2, 0) is 16.0 Å². The summed E-state index contributed by atoms with van der Waals surface area (Å²) >= 11 is 0. The van der Waals surface area contributed by atoms with Gasteiger partial charge in [0, 0.05) is 6.07 Å². The third kappa shape index (κ3) is 3.46. The summed E-state index contributed by atoms with van der Waals surface area (Å²) in [7, 11) is 0. The molecule has 0 unspecified atom stereocenters. The van der Waals surface area contributed by atoms with E-state index in [1.807, 2.05) is 0 Å². The first-order valence-electron chi connectivity index (χ1n) is 7.94. The van der Waals surface area contributed by atoms with Gasteiger partial charge in [-0.15, -0.1) is 0 Å². The Hall–Kier alpha value is -1.49. The molecule has 1 spiro atoms. The maximum Gasteiger partial charge on any atom is 0.224 e. The first kappa shape index (κ1) is 15.4. The number of hydrogen-bond acceptors (Lipinski definition) is 2. The maximum atomic E-state index is 13.6. The number of amides is 1. The van der Waals surface area contributed by atoms with Gasteiger partial charge >= 0.3 is 0 Å². The van der Waals surface area contributed by atoms with Crippen LogP contribution in [0.2, 0.25) is 0 Å². The van der Waals surface area contributed by atoms with Crippen LogP contribution >= 0.6 is 0 Å². The van der Waals surface area contributed by atoms with E-state index in [1.165, 1.54) is 31.4 Å². The van der Waals surface area contributed by atoms with Gasteiger partial charge in [0.2, 0.25) is 5.91 Å². The zero-order valence-corrected chi connectivity index (χ0v) is 12.5. The van der Waals surface area contributed by atoms with Crippen molar-refractivity contribution in [3.8, 4) is 0 Å². The Labute approximate surface area is 129 Å². The molecule has 2 aliphatic rings. The lowest BCUT2D eigenvalue weighted by molar-refractivity contribution is -0.121. The summed E-state index contributed by atoms with van der Waals surface area (Å²) < 4.78 is 32.4. The molecule has 1 aromatic rings. The fraction of sp³-hybridized carbons (Fsp3) is 0.588. The minimum atomic E-state index is -0.679. The number of nitrogens with one attached hydrogen (secondary N) is 1. The van der Waals surface area contributed by atoms with E-state index < -0.39 is 11.6 Å². The molecule has 1 atom stereocenters. The van der Waals surface area contributed by atoms with E-state index in [4.69, 9.17) is 4.74 Å². The second-order valence-electron chi connectivity index (χ2n) is 6.44. The van der Waals surface area contributed by atoms with E-state index in [1.54, 1.807) is 0 Å². The van der Waals surface area contributed by atoms with Crippen LogP contribution in [0.25, 0.3) is 0 Å². The largest absolute Gasteiger partial charge is 0.373 e. The molecule has 1 saturated carbocycles. The highest BCUT2D eigenvalue weighted by molar-refractivity contribution is 5.79. The van der Waals surface area contributed by atoms with Gasteiger partial charge in [0.05, 0.1) is 24.7 Å². The molecule has 1 N–H and O–H groups in total. The van der Waals surface area contributed by atoms with Crippen molar-refractivity contribution in [2.75, 3.05) is 6.61 Å². The summed E-state index contributed by atoms with van der Waals surface area (Å²) in [4.78, 5) is 12.0. The monoisotopic (exact) mass is 309 g/mol. The van der Waals surface area contributed by atoms with Gasteiger partial charge in [0.1, 0.15) is 11.6 Å². The lowest BCUT2D eigenvalue weighted by Gasteiger charge is -2.32. The Balaban J connectivity index is 1.54. The molecule has 1 heterocycles. The Morgan fingerprint density at radius 2 is 2.05 bits per heavy atom. The van der Waals surface area contributed by atoms with Gasteiger partial charge in [-0.25, -0.2) is 8.78 Å². The quantitative estimate of drug-likeness (QED) is 0.931. The van der Waals surface area contributed by atoms with Gasteiger partial charge in [-0.2, -0.15) is 0 Å². The van der Waals surface area contributed by atoms with Crippen LogP contribution in [0.15, 0.2) is 18.2 Å². The standard InChI is InChI=1S/C17H21F2NO2/c18-13-5-4-12(15(19)9-13)8-16(21)20-14-10-17(22-11-14)6-2-1-3-7-17/h4-5,9,14H,1-3,6-8,10-11H2,(H,20,21)/t14-/m0/s1. The van der Waals surface area contributed by atoms with Crippen molar-refractivity contribution in [1.29, 1.82) is 0 Å². The van der Waals surface area contributed by atoms with Crippen LogP contribution in [0.1, 0.15) is 44.1 Å². The molecule has 1 aliphatic carbocycles. The Morgan fingerprint density at radius 1 is 1.27 bits per heavy atom. The number of ether oxygens (including phenoxy) is 1. The lowest BCUT2D eigenvalue weighted by Crippen LogP contribution is -2.38. The molecule has 3 rings (SSSR count). The Kier molecular flexibility index (Phi) is 4.43. The topological polar surface area (TPSA) is 38.3 Å². The van der Waals surface area contributed by atoms with Gasteiger partial charge in [-0.05, 0) is 30.9 Å². The second-order valence-corrected chi connectivity index (χ2v) is 6.44. The van der Waals surface area contributed by atoms with Gasteiger partial charge in [0.15, 0.2) is 0 Å². The SMILES string of the molecule is O=C(Cc1ccc(F)cc1F)N[C@@H]1COC2(CCCCC2)C1. The third-order valence-electron chi connectivity index (χ3n) is 4.71. The van der Waals surface area contributed by atoms with Crippen LogP contribution in [0.5, 0.6) is 0 Å². The highest BCUT2D eigenvalue weighted by Crippen LogP contribution is 2.39. The number of rotatable bonds is 3. The first-order chi connectivity index (χ1) is 10.6. The first-order valence-corrected chi connectivity index (χ1v) is 7.94. The molecule has 1 aromatic carbocycles. The minimum Gasteiger partial charge on any atom is -0.373 e. The summed E-state index contributed by atoms with van der Waals surface area (Å²) in [5, 5.41) is 2.92. The number of carbonyl (C=O) groups excluding carboxylic acids is 1. The molecule has 1 amide bonds. The Morgan fingerprint density at radius 3 is 2.77 bits per heavy atom. The lowest BCUT2D eigenvalue weighted by atomic mass is 9.82. The van der Waals surface area contributed by atoms with Gasteiger partial charge in [0.25, 0.3) is 0 Å². The van der Waals surface area contributed by atoms with Crippen molar-refractivity contribution in [2.24, 2.45) is 0 Å². The summed E-state index contributed by atoms with van der Waals surface area (Å²) in [5.41, 5.74) is 0.155. The molecule has 0 aromatic heterocycles. The number of halogens is 2. The predicted octanol–water partition coefficient (Wildman–Crippen LogP) is 3.12. The van der Waals surface area contributed by atoms with Gasteiger partial charge < -0.3 is 10.1 Å². The van der Waals surface area contributed by atoms with E-state index in [-0.39, 0.29) is 29.5 Å². The zero-order valence-electron chi connectivity index (χ0n) is 12.5. The van der Waals surface area contributed by atoms with Crippen molar-refractivity contribution in [3.05, 3.63) is 35.4 Å². The smallest absolute Gasteiger partial charge is 0.224 e. The van der Waals surface area contributed by atoms with Gasteiger partial charge in [-0.3, -0.25) is 4.79 Å². The molecule has 120 valence electrons. The molecule has 2 fully saturated rings. The zero-order chi connectivity index (χ0) is 15.6. The molecular weight excluding hydrogens is 288 g/mol. The summed E-state index contributed by atoms with van der Waals surface area (Å²) in [6, 6.07) is 3.28. The van der Waals surface area contributed by atoms with E-state index in [2.05, 4.69) is 5.32 Å². The van der Waals surface area contributed by atoms with E-state index in [0.717, 1.165) is 25.3 Å². The summed E-state index contributed by atoms with van der Waals surface area (Å²) in [6.45, 7) is 0.525. The molecule has 22 heavy (non-hydrogen) atoms. The normalized spacial score (nSPS) is 23.6. The van der Waals surface area contributed by atoms with Crippen molar-refractivity contribution in [2.45, 2.75) is 56.6 Å². The van der Waals surface area contributed by atoms with Crippen molar-refractivity contribution < 1.29 is 18.3 Å². The minimum absolute atomic E-state index is 0.00545. The number of hydrogen-bond donors (Lipinski definition) is 1. The van der Waals surface area contributed by atoms with Crippen molar-refractivity contribution >= 4 is 5.91 Å². The average molecular weight is 309 g/mol. The predicted molar refractivity (Wildman–Crippen MR) is 78.4 cm³/mol. The third-order valence-corrected chi connectivity index (χ3v) is 4.71. The molecule has 0 radical (unpaired) electrons. The van der Waals surface area contributed by atoms with Crippen molar-refractivity contribution in [1.82, 2.24) is 5.32 Å². The van der Waals surface area contributed by atoms with E-state index in [9.17, 15) is 13.6 Å². The average Bonchev–Trinajstić information content (AvgIpc) is 2.85. The van der Waals surface area contributed by atoms with Crippen LogP contribution in [0.4, 0.5) is 8.78 Å². The molecule has 1 aliphatic heterocycles. The Bertz CT molecular complexity index is 556. The fourth-order valence-electron chi connectivity index (χ4n) is 3.60. The van der Waals surface area contributed by atoms with Crippen LogP contribution < -0.4 is 5.32 Å². The van der Waals surface area contributed by atoms with Crippen molar-refractivity contribution in [3.63, 3.8) is 0 Å². The van der Waals surface area contributed by atoms with Gasteiger partial charge in [-0.1, -0.05) is 25.3 Å². The fourth-order valence-corrected chi connectivity index (χ4v) is 3.60. The van der Waals surface area contributed by atoms with E-state index in [0.29, 0.717) is 6.61 Å². The van der Waals surface area contributed by atoms with Crippen LogP contribution in [-0.4, -0.2) is 24.2 Å². The highest BCUT2D eigenvalue weighted by Gasteiger charge is 2.41. The number of carbonyl (C=O) groups is 1. The van der Waals surface area contributed by atoms with E-state index >= 15 is 0 Å². The maximum absolute atomic E-state index is 13.6. The second kappa shape index (κ2) is 6.32. The molecule has 3 nitrogen and oxygen atoms in total. The summed E-state index contributed by atoms with van der Waals surface area (Å²) in [6.07, 6.45) is 6.51. The molecular formula is C17H21F2NO2.